The average Bonchev–Trinajstić information content (AvgIpc) is 3.00. The quantitative estimate of drug-likeness (QED) is 0.418. The molecule has 4 rings (SSSR count). The Morgan fingerprint density at radius 1 is 0.925 bits per heavy atom. The third-order valence-corrected chi connectivity index (χ3v) is 6.52. The molecule has 0 saturated carbocycles. The van der Waals surface area contributed by atoms with Gasteiger partial charge in [-0.2, -0.15) is 5.26 Å². The van der Waals surface area contributed by atoms with Gasteiger partial charge in [0.05, 0.1) is 37.4 Å². The van der Waals surface area contributed by atoms with Crippen LogP contribution >= 0.6 is 0 Å². The summed E-state index contributed by atoms with van der Waals surface area (Å²) in [5.41, 5.74) is 8.50. The van der Waals surface area contributed by atoms with Crippen molar-refractivity contribution < 1.29 is 23.9 Å². The maximum atomic E-state index is 13.2. The molecular formula is C31H28N4O5. The Bertz CT molecular complexity index is 1520. The summed E-state index contributed by atoms with van der Waals surface area (Å²) in [4.78, 5) is 40.7. The molecule has 0 saturated heterocycles. The van der Waals surface area contributed by atoms with Gasteiger partial charge in [0.25, 0.3) is 5.91 Å². The van der Waals surface area contributed by atoms with Gasteiger partial charge in [-0.3, -0.25) is 9.69 Å². The van der Waals surface area contributed by atoms with Crippen molar-refractivity contribution in [3.63, 3.8) is 0 Å². The van der Waals surface area contributed by atoms with E-state index in [4.69, 9.17) is 15.2 Å². The monoisotopic (exact) mass is 536 g/mol. The highest BCUT2D eigenvalue weighted by Gasteiger charge is 2.43. The second-order valence-electron chi connectivity index (χ2n) is 8.88. The summed E-state index contributed by atoms with van der Waals surface area (Å²) in [6.07, 6.45) is 0.651. The third-order valence-electron chi connectivity index (χ3n) is 6.52. The van der Waals surface area contributed by atoms with E-state index in [0.29, 0.717) is 24.1 Å². The van der Waals surface area contributed by atoms with Crippen molar-refractivity contribution in [2.75, 3.05) is 25.7 Å². The number of anilines is 1. The molecule has 1 aliphatic rings. The van der Waals surface area contributed by atoms with E-state index in [0.717, 1.165) is 5.56 Å². The van der Waals surface area contributed by atoms with Crippen LogP contribution < -0.4 is 16.0 Å². The Morgan fingerprint density at radius 2 is 1.57 bits per heavy atom. The van der Waals surface area contributed by atoms with Gasteiger partial charge in [0.1, 0.15) is 11.5 Å². The van der Waals surface area contributed by atoms with Crippen LogP contribution in [0.2, 0.25) is 0 Å². The number of rotatable bonds is 8. The summed E-state index contributed by atoms with van der Waals surface area (Å²) in [5.74, 6) is -3.08. The molecule has 0 bridgehead atoms. The van der Waals surface area contributed by atoms with Crippen molar-refractivity contribution in [3.8, 4) is 6.07 Å². The number of esters is 2. The van der Waals surface area contributed by atoms with Crippen molar-refractivity contribution in [1.29, 1.82) is 5.26 Å². The molecule has 1 atom stereocenters. The van der Waals surface area contributed by atoms with E-state index in [9.17, 15) is 19.6 Å². The van der Waals surface area contributed by atoms with Gasteiger partial charge in [-0.1, -0.05) is 66.7 Å². The van der Waals surface area contributed by atoms with Crippen molar-refractivity contribution in [3.05, 3.63) is 124 Å². The molecule has 1 heterocycles. The molecule has 9 nitrogen and oxygen atoms in total. The number of methoxy groups -OCH3 is 2. The van der Waals surface area contributed by atoms with Gasteiger partial charge < -0.3 is 20.5 Å². The zero-order valence-corrected chi connectivity index (χ0v) is 22.1. The first-order chi connectivity index (χ1) is 19.4. The van der Waals surface area contributed by atoms with Crippen LogP contribution in [0.15, 0.2) is 108 Å². The minimum atomic E-state index is -0.978. The minimum Gasteiger partial charge on any atom is -0.466 e. The first-order valence-corrected chi connectivity index (χ1v) is 12.5. The molecule has 9 heteroatoms. The molecule has 0 aromatic heterocycles. The Balaban J connectivity index is 1.78. The molecule has 3 aromatic rings. The molecule has 3 N–H and O–H groups in total. The zero-order valence-electron chi connectivity index (χ0n) is 22.1. The second-order valence-corrected chi connectivity index (χ2v) is 8.88. The van der Waals surface area contributed by atoms with Crippen LogP contribution in [0.5, 0.6) is 0 Å². The molecule has 0 radical (unpaired) electrons. The lowest BCUT2D eigenvalue weighted by atomic mass is 9.81. The first-order valence-electron chi connectivity index (χ1n) is 12.5. The molecule has 3 aromatic carbocycles. The largest absolute Gasteiger partial charge is 0.466 e. The molecular weight excluding hydrogens is 508 g/mol. The number of carbonyl (C=O) groups is 3. The number of carbonyl (C=O) groups excluding carboxylic acids is 3. The predicted octanol–water partition coefficient (Wildman–Crippen LogP) is 3.56. The van der Waals surface area contributed by atoms with Gasteiger partial charge in [-0.15, -0.1) is 0 Å². The number of nitrogens with two attached hydrogens (primary N) is 1. The van der Waals surface area contributed by atoms with Gasteiger partial charge in [-0.25, -0.2) is 9.59 Å². The second kappa shape index (κ2) is 12.5. The summed E-state index contributed by atoms with van der Waals surface area (Å²) in [5, 5.41) is 13.1. The molecule has 0 fully saturated rings. The Labute approximate surface area is 232 Å². The van der Waals surface area contributed by atoms with Crippen LogP contribution in [-0.4, -0.2) is 38.6 Å². The van der Waals surface area contributed by atoms with Crippen LogP contribution in [0.25, 0.3) is 0 Å². The summed E-state index contributed by atoms with van der Waals surface area (Å²) in [6, 6.07) is 27.0. The summed E-state index contributed by atoms with van der Waals surface area (Å²) < 4.78 is 10.1. The fraction of sp³-hybridized carbons (Fsp3) is 0.161. The lowest BCUT2D eigenvalue weighted by Crippen LogP contribution is -2.40. The summed E-state index contributed by atoms with van der Waals surface area (Å²) in [6.45, 7) is 0.413. The van der Waals surface area contributed by atoms with E-state index in [-0.39, 0.29) is 34.3 Å². The molecule has 1 aliphatic heterocycles. The van der Waals surface area contributed by atoms with E-state index in [2.05, 4.69) is 11.4 Å². The van der Waals surface area contributed by atoms with E-state index in [1.165, 1.54) is 25.2 Å². The lowest BCUT2D eigenvalue weighted by Gasteiger charge is -2.36. The van der Waals surface area contributed by atoms with E-state index >= 15 is 0 Å². The molecule has 0 aliphatic carbocycles. The normalized spacial score (nSPS) is 14.8. The van der Waals surface area contributed by atoms with Crippen LogP contribution in [0.1, 0.15) is 27.4 Å². The Hall–Kier alpha value is -5.36. The molecule has 40 heavy (non-hydrogen) atoms. The minimum absolute atomic E-state index is 0.0389. The number of hydrogen-bond acceptors (Lipinski definition) is 8. The summed E-state index contributed by atoms with van der Waals surface area (Å²) >= 11 is 0. The lowest BCUT2D eigenvalue weighted by molar-refractivity contribution is -0.139. The van der Waals surface area contributed by atoms with Crippen LogP contribution in [0, 0.1) is 11.3 Å². The smallest absolute Gasteiger partial charge is 0.355 e. The number of hydrogen-bond donors (Lipinski definition) is 2. The van der Waals surface area contributed by atoms with Crippen LogP contribution in [0.4, 0.5) is 5.69 Å². The van der Waals surface area contributed by atoms with Gasteiger partial charge in [-0.05, 0) is 35.7 Å². The van der Waals surface area contributed by atoms with Gasteiger partial charge in [0.15, 0.2) is 0 Å². The fourth-order valence-corrected chi connectivity index (χ4v) is 4.63. The Morgan fingerprint density at radius 3 is 2.20 bits per heavy atom. The predicted molar refractivity (Wildman–Crippen MR) is 148 cm³/mol. The number of nitrogens with one attached hydrogen (secondary N) is 1. The van der Waals surface area contributed by atoms with Crippen molar-refractivity contribution in [2.45, 2.75) is 12.3 Å². The van der Waals surface area contributed by atoms with Crippen molar-refractivity contribution in [1.82, 2.24) is 5.32 Å². The zero-order chi connectivity index (χ0) is 28.6. The molecule has 202 valence electrons. The number of nitrogens with zero attached hydrogens (tertiary/aromatic N) is 2. The maximum absolute atomic E-state index is 13.2. The Kier molecular flexibility index (Phi) is 8.62. The van der Waals surface area contributed by atoms with E-state index in [1.54, 1.807) is 48.5 Å². The third kappa shape index (κ3) is 5.56. The molecule has 0 spiro atoms. The van der Waals surface area contributed by atoms with Gasteiger partial charge in [0, 0.05) is 17.8 Å². The van der Waals surface area contributed by atoms with Crippen molar-refractivity contribution >= 4 is 23.5 Å². The van der Waals surface area contributed by atoms with E-state index in [1.807, 2.05) is 30.3 Å². The number of nitriles is 1. The van der Waals surface area contributed by atoms with Crippen molar-refractivity contribution in [2.24, 2.45) is 5.73 Å². The topological polar surface area (TPSA) is 135 Å². The number of ether oxygens (including phenoxy) is 2. The standard InChI is InChI=1S/C31H28N4O5/c1-39-30(37)26-25(21-12-7-4-8-13-21)24(19-32)28(33)35(27(26)31(38)40-2)23-15-9-14-22(18-23)29(36)34-17-16-20-10-5-3-6-11-20/h3-15,18,25H,16-17,33H2,1-2H3,(H,34,36). The van der Waals surface area contributed by atoms with E-state index < -0.39 is 17.9 Å². The number of allylic oxidation sites excluding steroid dienone is 1. The van der Waals surface area contributed by atoms with Gasteiger partial charge >= 0.3 is 11.9 Å². The first kappa shape index (κ1) is 27.7. The number of amides is 1. The summed E-state index contributed by atoms with van der Waals surface area (Å²) in [7, 11) is 2.36. The number of benzene rings is 3. The van der Waals surface area contributed by atoms with Gasteiger partial charge in [0.2, 0.25) is 0 Å². The molecule has 1 unspecified atom stereocenters. The van der Waals surface area contributed by atoms with Crippen LogP contribution in [0.3, 0.4) is 0 Å². The average molecular weight is 537 g/mol. The SMILES string of the molecule is COC(=O)C1=C(C(=O)OC)N(c2cccc(C(=O)NCCc3ccccc3)c2)C(N)=C(C#N)C1c1ccccc1. The molecule has 1 amide bonds. The fourth-order valence-electron chi connectivity index (χ4n) is 4.63. The highest BCUT2D eigenvalue weighted by molar-refractivity contribution is 6.06. The van der Waals surface area contributed by atoms with Crippen LogP contribution in [-0.2, 0) is 25.5 Å². The highest BCUT2D eigenvalue weighted by Crippen LogP contribution is 2.43. The highest BCUT2D eigenvalue weighted by atomic mass is 16.5. The maximum Gasteiger partial charge on any atom is 0.355 e.